The summed E-state index contributed by atoms with van der Waals surface area (Å²) in [6.07, 6.45) is 1.01. The van der Waals surface area contributed by atoms with E-state index in [0.29, 0.717) is 31.6 Å². The molecule has 0 unspecified atom stereocenters. The van der Waals surface area contributed by atoms with E-state index in [0.717, 1.165) is 5.56 Å². The molecule has 1 aromatic carbocycles. The molecule has 5 nitrogen and oxygen atoms in total. The van der Waals surface area contributed by atoms with E-state index < -0.39 is 10.0 Å². The van der Waals surface area contributed by atoms with Gasteiger partial charge in [0.15, 0.2) is 0 Å². The Balaban J connectivity index is 2.04. The van der Waals surface area contributed by atoms with Gasteiger partial charge in [-0.25, -0.2) is 12.7 Å². The van der Waals surface area contributed by atoms with Gasteiger partial charge in [0.2, 0.25) is 10.0 Å². The molecule has 0 aromatic heterocycles. The van der Waals surface area contributed by atoms with Crippen LogP contribution in [0.3, 0.4) is 0 Å². The largest absolute Gasteiger partial charge is 0.411 e. The first-order chi connectivity index (χ1) is 8.62. The van der Waals surface area contributed by atoms with Crippen LogP contribution < -0.4 is 0 Å². The average Bonchev–Trinajstić information content (AvgIpc) is 2.39. The number of hydrogen-bond acceptors (Lipinski definition) is 4. The van der Waals surface area contributed by atoms with Gasteiger partial charge < -0.3 is 5.21 Å². The highest BCUT2D eigenvalue weighted by Crippen LogP contribution is 2.16. The fourth-order valence-corrected chi connectivity index (χ4v) is 3.53. The number of rotatable bonds is 3. The molecule has 1 aromatic rings. The summed E-state index contributed by atoms with van der Waals surface area (Å²) < 4.78 is 25.8. The molecule has 2 rings (SSSR count). The Kier molecular flexibility index (Phi) is 3.98. The van der Waals surface area contributed by atoms with Crippen LogP contribution in [0.5, 0.6) is 0 Å². The molecule has 0 atom stereocenters. The smallest absolute Gasteiger partial charge is 0.218 e. The SMILES string of the molecule is O=S(=O)(Cc1ccccc1)N1CCC(=NO)CC1. The Hall–Kier alpha value is -1.40. The topological polar surface area (TPSA) is 70.0 Å². The second-order valence-corrected chi connectivity index (χ2v) is 6.28. The maximum atomic E-state index is 12.2. The Labute approximate surface area is 107 Å². The number of piperidine rings is 1. The summed E-state index contributed by atoms with van der Waals surface area (Å²) in [6, 6.07) is 9.14. The maximum absolute atomic E-state index is 12.2. The van der Waals surface area contributed by atoms with Crippen LogP contribution in [0.4, 0.5) is 0 Å². The summed E-state index contributed by atoms with van der Waals surface area (Å²) in [5.74, 6) is 0.0272. The molecule has 0 amide bonds. The molecule has 1 fully saturated rings. The predicted molar refractivity (Wildman–Crippen MR) is 69.1 cm³/mol. The first-order valence-electron chi connectivity index (χ1n) is 5.83. The van der Waals surface area contributed by atoms with E-state index in [1.165, 1.54) is 4.31 Å². The zero-order valence-electron chi connectivity index (χ0n) is 9.99. The first kappa shape index (κ1) is 13.0. The fourth-order valence-electron chi connectivity index (χ4n) is 2.00. The maximum Gasteiger partial charge on any atom is 0.218 e. The molecule has 0 bridgehead atoms. The van der Waals surface area contributed by atoms with Crippen molar-refractivity contribution in [1.82, 2.24) is 4.31 Å². The van der Waals surface area contributed by atoms with Gasteiger partial charge in [-0.05, 0) is 5.56 Å². The molecule has 0 spiro atoms. The van der Waals surface area contributed by atoms with E-state index in [2.05, 4.69) is 5.16 Å². The van der Waals surface area contributed by atoms with Gasteiger partial charge in [0.25, 0.3) is 0 Å². The van der Waals surface area contributed by atoms with Gasteiger partial charge in [0.1, 0.15) is 0 Å². The highest BCUT2D eigenvalue weighted by atomic mass is 32.2. The Morgan fingerprint density at radius 1 is 1.17 bits per heavy atom. The quantitative estimate of drug-likeness (QED) is 0.666. The lowest BCUT2D eigenvalue weighted by atomic mass is 10.1. The predicted octanol–water partition coefficient (Wildman–Crippen LogP) is 1.44. The summed E-state index contributed by atoms with van der Waals surface area (Å²) in [6.45, 7) is 0.795. The van der Waals surface area contributed by atoms with E-state index in [4.69, 9.17) is 5.21 Å². The minimum atomic E-state index is -3.27. The molecule has 0 aliphatic carbocycles. The average molecular weight is 268 g/mol. The second kappa shape index (κ2) is 5.49. The highest BCUT2D eigenvalue weighted by Gasteiger charge is 2.26. The normalized spacial score (nSPS) is 17.7. The van der Waals surface area contributed by atoms with Crippen LogP contribution in [0.15, 0.2) is 35.5 Å². The van der Waals surface area contributed by atoms with Crippen molar-refractivity contribution in [1.29, 1.82) is 0 Å². The molecule has 1 saturated heterocycles. The summed E-state index contributed by atoms with van der Waals surface area (Å²) >= 11 is 0. The molecular formula is C12H16N2O3S. The van der Waals surface area contributed by atoms with Gasteiger partial charge in [0.05, 0.1) is 11.5 Å². The summed E-state index contributed by atoms with van der Waals surface area (Å²) in [5, 5.41) is 11.8. The van der Waals surface area contributed by atoms with Crippen molar-refractivity contribution in [3.05, 3.63) is 35.9 Å². The van der Waals surface area contributed by atoms with Crippen molar-refractivity contribution >= 4 is 15.7 Å². The minimum Gasteiger partial charge on any atom is -0.411 e. The molecule has 6 heteroatoms. The van der Waals surface area contributed by atoms with Crippen LogP contribution >= 0.6 is 0 Å². The van der Waals surface area contributed by atoms with Crippen molar-refractivity contribution in [3.63, 3.8) is 0 Å². The van der Waals surface area contributed by atoms with Gasteiger partial charge in [-0.1, -0.05) is 35.5 Å². The van der Waals surface area contributed by atoms with E-state index >= 15 is 0 Å². The van der Waals surface area contributed by atoms with E-state index in [1.807, 2.05) is 30.3 Å². The van der Waals surface area contributed by atoms with Crippen molar-refractivity contribution in [3.8, 4) is 0 Å². The first-order valence-corrected chi connectivity index (χ1v) is 7.44. The molecule has 18 heavy (non-hydrogen) atoms. The van der Waals surface area contributed by atoms with Crippen LogP contribution in [0.25, 0.3) is 0 Å². The number of oxime groups is 1. The number of sulfonamides is 1. The summed E-state index contributed by atoms with van der Waals surface area (Å²) in [7, 11) is -3.27. The van der Waals surface area contributed by atoms with Crippen LogP contribution in [0, 0.1) is 0 Å². The summed E-state index contributed by atoms with van der Waals surface area (Å²) in [5.41, 5.74) is 1.46. The van der Waals surface area contributed by atoms with Gasteiger partial charge in [-0.15, -0.1) is 0 Å². The number of hydrogen-bond donors (Lipinski definition) is 1. The van der Waals surface area contributed by atoms with E-state index in [9.17, 15) is 8.42 Å². The van der Waals surface area contributed by atoms with Crippen LogP contribution in [0.2, 0.25) is 0 Å². The fraction of sp³-hybridized carbons (Fsp3) is 0.417. The minimum absolute atomic E-state index is 0.0272. The van der Waals surface area contributed by atoms with Crippen LogP contribution in [-0.2, 0) is 15.8 Å². The molecule has 0 saturated carbocycles. The highest BCUT2D eigenvalue weighted by molar-refractivity contribution is 7.88. The second-order valence-electron chi connectivity index (χ2n) is 4.31. The Morgan fingerprint density at radius 3 is 2.33 bits per heavy atom. The molecular weight excluding hydrogens is 252 g/mol. The van der Waals surface area contributed by atoms with Gasteiger partial charge >= 0.3 is 0 Å². The lowest BCUT2D eigenvalue weighted by Gasteiger charge is -2.26. The molecule has 98 valence electrons. The Morgan fingerprint density at radius 2 is 1.78 bits per heavy atom. The Bertz CT molecular complexity index is 516. The van der Waals surface area contributed by atoms with E-state index in [-0.39, 0.29) is 5.75 Å². The lowest BCUT2D eigenvalue weighted by Crippen LogP contribution is -2.39. The van der Waals surface area contributed by atoms with Gasteiger partial charge in [-0.2, -0.15) is 0 Å². The zero-order valence-corrected chi connectivity index (χ0v) is 10.8. The summed E-state index contributed by atoms with van der Waals surface area (Å²) in [4.78, 5) is 0. The molecule has 1 aliphatic heterocycles. The lowest BCUT2D eigenvalue weighted by molar-refractivity contribution is 0.309. The number of benzene rings is 1. The van der Waals surface area contributed by atoms with Crippen molar-refractivity contribution in [2.24, 2.45) is 5.16 Å². The third-order valence-electron chi connectivity index (χ3n) is 3.03. The monoisotopic (exact) mass is 268 g/mol. The van der Waals surface area contributed by atoms with Crippen molar-refractivity contribution in [2.75, 3.05) is 13.1 Å². The number of nitrogens with zero attached hydrogens (tertiary/aromatic N) is 2. The van der Waals surface area contributed by atoms with Gasteiger partial charge in [0, 0.05) is 25.9 Å². The zero-order chi connectivity index (χ0) is 13.0. The molecule has 1 N–H and O–H groups in total. The van der Waals surface area contributed by atoms with E-state index in [1.54, 1.807) is 0 Å². The van der Waals surface area contributed by atoms with Crippen molar-refractivity contribution in [2.45, 2.75) is 18.6 Å². The van der Waals surface area contributed by atoms with Crippen LogP contribution in [-0.4, -0.2) is 36.7 Å². The van der Waals surface area contributed by atoms with Crippen molar-refractivity contribution < 1.29 is 13.6 Å². The van der Waals surface area contributed by atoms with Gasteiger partial charge in [-0.3, -0.25) is 0 Å². The molecule has 1 aliphatic rings. The molecule has 0 radical (unpaired) electrons. The molecule has 1 heterocycles. The standard InChI is InChI=1S/C12H16N2O3S/c15-13-12-6-8-14(9-7-12)18(16,17)10-11-4-2-1-3-5-11/h1-5,15H,6-10H2. The van der Waals surface area contributed by atoms with Crippen LogP contribution in [0.1, 0.15) is 18.4 Å². The third kappa shape index (κ3) is 3.08. The third-order valence-corrected chi connectivity index (χ3v) is 4.88.